The van der Waals surface area contributed by atoms with E-state index in [0.29, 0.717) is 17.3 Å². The number of carbonyl (C=O) groups is 1. The Morgan fingerprint density at radius 2 is 2.16 bits per heavy atom. The summed E-state index contributed by atoms with van der Waals surface area (Å²) in [4.78, 5) is 11.8. The molecule has 1 unspecified atom stereocenters. The molecule has 1 amide bonds. The first-order valence-corrected chi connectivity index (χ1v) is 7.13. The summed E-state index contributed by atoms with van der Waals surface area (Å²) in [5.41, 5.74) is 0.929. The van der Waals surface area contributed by atoms with Crippen LogP contribution in [0.5, 0.6) is 5.75 Å². The van der Waals surface area contributed by atoms with Crippen molar-refractivity contribution in [2.45, 2.75) is 46.1 Å². The van der Waals surface area contributed by atoms with Gasteiger partial charge in [0.1, 0.15) is 5.75 Å². The van der Waals surface area contributed by atoms with E-state index < -0.39 is 6.10 Å². The number of amides is 1. The van der Waals surface area contributed by atoms with Gasteiger partial charge in [-0.25, -0.2) is 0 Å². The highest BCUT2D eigenvalue weighted by atomic mass is 35.5. The van der Waals surface area contributed by atoms with E-state index in [1.165, 1.54) is 0 Å². The second-order valence-electron chi connectivity index (χ2n) is 4.67. The lowest BCUT2D eigenvalue weighted by Gasteiger charge is -2.16. The molecule has 0 heterocycles. The first kappa shape index (κ1) is 15.8. The monoisotopic (exact) mass is 283 g/mol. The molecule has 1 rings (SSSR count). The summed E-state index contributed by atoms with van der Waals surface area (Å²) in [5, 5.41) is 3.55. The molecule has 0 aromatic heterocycles. The van der Waals surface area contributed by atoms with Crippen LogP contribution >= 0.6 is 11.6 Å². The Morgan fingerprint density at radius 1 is 1.42 bits per heavy atom. The van der Waals surface area contributed by atoms with E-state index in [2.05, 4.69) is 12.2 Å². The van der Waals surface area contributed by atoms with Gasteiger partial charge in [0, 0.05) is 11.6 Å². The topological polar surface area (TPSA) is 38.3 Å². The fraction of sp³-hybridized carbons (Fsp3) is 0.533. The van der Waals surface area contributed by atoms with Crippen molar-refractivity contribution in [2.75, 3.05) is 6.54 Å². The predicted molar refractivity (Wildman–Crippen MR) is 78.8 cm³/mol. The molecule has 3 nitrogen and oxygen atoms in total. The average molecular weight is 284 g/mol. The molecule has 0 saturated carbocycles. The summed E-state index contributed by atoms with van der Waals surface area (Å²) in [6, 6.07) is 5.37. The number of hydrogen-bond acceptors (Lipinski definition) is 2. The predicted octanol–water partition coefficient (Wildman–Crippen LogP) is 3.72. The first-order chi connectivity index (χ1) is 9.04. The van der Waals surface area contributed by atoms with E-state index in [9.17, 15) is 4.79 Å². The number of aryl methyl sites for hydroxylation is 1. The van der Waals surface area contributed by atoms with Crippen LogP contribution in [0.3, 0.4) is 0 Å². The standard InChI is InChI=1S/C15H22ClNO2/c1-4-5-6-9-17-15(18)12(3)19-14-8-7-13(16)10-11(14)2/h7-8,10,12H,4-6,9H2,1-3H3,(H,17,18). The lowest BCUT2D eigenvalue weighted by molar-refractivity contribution is -0.127. The molecular weight excluding hydrogens is 262 g/mol. The molecule has 0 aliphatic rings. The summed E-state index contributed by atoms with van der Waals surface area (Å²) in [6.45, 7) is 6.51. The van der Waals surface area contributed by atoms with Gasteiger partial charge in [-0.15, -0.1) is 0 Å². The van der Waals surface area contributed by atoms with Gasteiger partial charge in [-0.05, 0) is 44.0 Å². The molecule has 0 saturated heterocycles. The third-order valence-electron chi connectivity index (χ3n) is 2.89. The second kappa shape index (κ2) is 8.05. The van der Waals surface area contributed by atoms with Crippen molar-refractivity contribution in [2.24, 2.45) is 0 Å². The zero-order valence-electron chi connectivity index (χ0n) is 11.8. The van der Waals surface area contributed by atoms with Crippen LogP contribution in [0.4, 0.5) is 0 Å². The minimum atomic E-state index is -0.499. The molecular formula is C15H22ClNO2. The maximum Gasteiger partial charge on any atom is 0.260 e. The summed E-state index contributed by atoms with van der Waals surface area (Å²) in [7, 11) is 0. The molecule has 0 aliphatic heterocycles. The minimum absolute atomic E-state index is 0.0783. The number of halogens is 1. The zero-order valence-corrected chi connectivity index (χ0v) is 12.6. The summed E-state index contributed by atoms with van der Waals surface area (Å²) >= 11 is 5.88. The van der Waals surface area contributed by atoms with Gasteiger partial charge in [0.25, 0.3) is 5.91 Å². The summed E-state index contributed by atoms with van der Waals surface area (Å²) in [5.74, 6) is 0.617. The molecule has 106 valence electrons. The van der Waals surface area contributed by atoms with Gasteiger partial charge in [0.2, 0.25) is 0 Å². The summed E-state index contributed by atoms with van der Waals surface area (Å²) < 4.78 is 5.65. The van der Waals surface area contributed by atoms with Gasteiger partial charge in [0.05, 0.1) is 0 Å². The van der Waals surface area contributed by atoms with E-state index in [0.717, 1.165) is 24.8 Å². The quantitative estimate of drug-likeness (QED) is 0.775. The van der Waals surface area contributed by atoms with Crippen molar-refractivity contribution in [3.8, 4) is 5.75 Å². The van der Waals surface area contributed by atoms with Gasteiger partial charge in [-0.1, -0.05) is 31.4 Å². The number of nitrogens with one attached hydrogen (secondary N) is 1. The largest absolute Gasteiger partial charge is 0.481 e. The molecule has 1 aromatic carbocycles. The van der Waals surface area contributed by atoms with Crippen molar-refractivity contribution >= 4 is 17.5 Å². The second-order valence-corrected chi connectivity index (χ2v) is 5.10. The lowest BCUT2D eigenvalue weighted by Crippen LogP contribution is -2.36. The van der Waals surface area contributed by atoms with Gasteiger partial charge in [0.15, 0.2) is 6.10 Å². The minimum Gasteiger partial charge on any atom is -0.481 e. The average Bonchev–Trinajstić information content (AvgIpc) is 2.37. The molecule has 0 radical (unpaired) electrons. The lowest BCUT2D eigenvalue weighted by atomic mass is 10.2. The van der Waals surface area contributed by atoms with E-state index >= 15 is 0 Å². The van der Waals surface area contributed by atoms with Crippen LogP contribution in [0.25, 0.3) is 0 Å². The van der Waals surface area contributed by atoms with Crippen LogP contribution < -0.4 is 10.1 Å². The van der Waals surface area contributed by atoms with Crippen molar-refractivity contribution in [1.29, 1.82) is 0 Å². The van der Waals surface area contributed by atoms with Crippen molar-refractivity contribution in [3.63, 3.8) is 0 Å². The number of benzene rings is 1. The summed E-state index contributed by atoms with van der Waals surface area (Å²) in [6.07, 6.45) is 2.79. The number of rotatable bonds is 7. The first-order valence-electron chi connectivity index (χ1n) is 6.75. The van der Waals surface area contributed by atoms with Gasteiger partial charge < -0.3 is 10.1 Å². The van der Waals surface area contributed by atoms with Crippen LogP contribution in [0, 0.1) is 6.92 Å². The number of ether oxygens (including phenoxy) is 1. The Kier molecular flexibility index (Phi) is 6.71. The van der Waals surface area contributed by atoms with Crippen LogP contribution in [-0.2, 0) is 4.79 Å². The molecule has 19 heavy (non-hydrogen) atoms. The Labute approximate surface area is 120 Å². The number of carbonyl (C=O) groups excluding carboxylic acids is 1. The maximum absolute atomic E-state index is 11.8. The molecule has 1 N–H and O–H groups in total. The zero-order chi connectivity index (χ0) is 14.3. The Balaban J connectivity index is 2.45. The van der Waals surface area contributed by atoms with Gasteiger partial charge in [-0.2, -0.15) is 0 Å². The molecule has 1 atom stereocenters. The van der Waals surface area contributed by atoms with Crippen LogP contribution in [0.2, 0.25) is 5.02 Å². The van der Waals surface area contributed by atoms with Crippen molar-refractivity contribution in [1.82, 2.24) is 5.32 Å². The van der Waals surface area contributed by atoms with E-state index in [-0.39, 0.29) is 5.91 Å². The molecule has 0 bridgehead atoms. The third kappa shape index (κ3) is 5.52. The molecule has 4 heteroatoms. The third-order valence-corrected chi connectivity index (χ3v) is 3.12. The fourth-order valence-electron chi connectivity index (χ4n) is 1.72. The highest BCUT2D eigenvalue weighted by Crippen LogP contribution is 2.22. The van der Waals surface area contributed by atoms with E-state index in [1.807, 2.05) is 13.0 Å². The van der Waals surface area contributed by atoms with Gasteiger partial charge >= 0.3 is 0 Å². The highest BCUT2D eigenvalue weighted by molar-refractivity contribution is 6.30. The Bertz CT molecular complexity index is 421. The Morgan fingerprint density at radius 3 is 2.79 bits per heavy atom. The normalized spacial score (nSPS) is 12.0. The van der Waals surface area contributed by atoms with Crippen LogP contribution in [-0.4, -0.2) is 18.6 Å². The van der Waals surface area contributed by atoms with Crippen LogP contribution in [0.15, 0.2) is 18.2 Å². The SMILES string of the molecule is CCCCCNC(=O)C(C)Oc1ccc(Cl)cc1C. The molecule has 0 aliphatic carbocycles. The van der Waals surface area contributed by atoms with Gasteiger partial charge in [-0.3, -0.25) is 4.79 Å². The van der Waals surface area contributed by atoms with Crippen molar-refractivity contribution < 1.29 is 9.53 Å². The maximum atomic E-state index is 11.8. The fourth-order valence-corrected chi connectivity index (χ4v) is 1.95. The van der Waals surface area contributed by atoms with E-state index in [4.69, 9.17) is 16.3 Å². The highest BCUT2D eigenvalue weighted by Gasteiger charge is 2.14. The smallest absolute Gasteiger partial charge is 0.260 e. The van der Waals surface area contributed by atoms with Crippen molar-refractivity contribution in [3.05, 3.63) is 28.8 Å². The number of unbranched alkanes of at least 4 members (excludes halogenated alkanes) is 2. The van der Waals surface area contributed by atoms with E-state index in [1.54, 1.807) is 19.1 Å². The molecule has 1 aromatic rings. The molecule has 0 spiro atoms. The number of hydrogen-bond donors (Lipinski definition) is 1. The van der Waals surface area contributed by atoms with Crippen LogP contribution in [0.1, 0.15) is 38.7 Å². The molecule has 0 fully saturated rings. The Hall–Kier alpha value is -1.22.